The Labute approximate surface area is 208 Å². The fraction of sp³-hybridized carbons (Fsp3) is 0.462. The molecule has 10 nitrogen and oxygen atoms in total. The molecule has 0 unspecified atom stereocenters. The Morgan fingerprint density at radius 1 is 1.22 bits per heavy atom. The lowest BCUT2D eigenvalue weighted by atomic mass is 10.1. The predicted octanol–water partition coefficient (Wildman–Crippen LogP) is 3.19. The van der Waals surface area contributed by atoms with Crippen molar-refractivity contribution in [3.05, 3.63) is 29.7 Å². The summed E-state index contributed by atoms with van der Waals surface area (Å²) < 4.78 is 17.6. The van der Waals surface area contributed by atoms with Gasteiger partial charge in [-0.25, -0.2) is 9.97 Å². The van der Waals surface area contributed by atoms with E-state index >= 15 is 0 Å². The zero-order chi connectivity index (χ0) is 24.8. The number of amides is 2. The van der Waals surface area contributed by atoms with Crippen molar-refractivity contribution in [2.45, 2.75) is 45.6 Å². The number of carbonyl (C=O) groups excluding carboxylic acids is 2. The molecule has 2 fully saturated rings. The fourth-order valence-corrected chi connectivity index (χ4v) is 4.97. The highest BCUT2D eigenvalue weighted by atomic mass is 16.7. The Morgan fingerprint density at radius 2 is 2.08 bits per heavy atom. The molecule has 2 N–H and O–H groups in total. The second-order valence-electron chi connectivity index (χ2n) is 9.65. The minimum absolute atomic E-state index is 0.0935. The van der Waals surface area contributed by atoms with Crippen molar-refractivity contribution in [1.82, 2.24) is 25.2 Å². The molecule has 0 spiro atoms. The number of likely N-dealkylation sites (tertiary alicyclic amines) is 1. The van der Waals surface area contributed by atoms with Gasteiger partial charge < -0.3 is 29.4 Å². The predicted molar refractivity (Wildman–Crippen MR) is 131 cm³/mol. The number of nitrogens with zero attached hydrogens (tertiary/aromatic N) is 3. The van der Waals surface area contributed by atoms with Crippen LogP contribution in [0.4, 0.5) is 0 Å². The maximum Gasteiger partial charge on any atom is 0.255 e. The number of carbonyl (C=O) groups is 2. The van der Waals surface area contributed by atoms with Crippen molar-refractivity contribution in [1.29, 1.82) is 0 Å². The first-order valence-corrected chi connectivity index (χ1v) is 12.5. The largest absolute Gasteiger partial charge is 0.492 e. The van der Waals surface area contributed by atoms with Gasteiger partial charge in [0.05, 0.1) is 23.3 Å². The zero-order valence-corrected chi connectivity index (χ0v) is 20.4. The van der Waals surface area contributed by atoms with Gasteiger partial charge in [0.15, 0.2) is 11.5 Å². The van der Waals surface area contributed by atoms with Crippen LogP contribution in [0.3, 0.4) is 0 Å². The lowest BCUT2D eigenvalue weighted by molar-refractivity contribution is -0.129. The molecule has 1 atom stereocenters. The summed E-state index contributed by atoms with van der Waals surface area (Å²) in [5.41, 5.74) is 3.60. The standard InChI is InChI=1S/C26H29N5O5/c1-3-19(32)31-9-8-16(10-31)30-26(33)20-14(2)29-24-22(20)27-12-28-23(24)21-17(34-11-15-4-5-15)6-7-18-25(21)36-13-35-18/h6-7,12,15-16,29H,3-5,8-11,13H2,1-2H3,(H,30,33)/t16-/m1/s1. The Hall–Kier alpha value is -3.82. The number of aromatic amines is 1. The van der Waals surface area contributed by atoms with Crippen LogP contribution in [0.1, 0.15) is 48.7 Å². The normalized spacial score (nSPS) is 18.6. The van der Waals surface area contributed by atoms with Gasteiger partial charge in [-0.05, 0) is 44.2 Å². The molecule has 2 aliphatic heterocycles. The monoisotopic (exact) mass is 491 g/mol. The van der Waals surface area contributed by atoms with Gasteiger partial charge in [0.25, 0.3) is 5.91 Å². The van der Waals surface area contributed by atoms with E-state index < -0.39 is 0 Å². The molecule has 2 amide bonds. The molecule has 3 aromatic rings. The molecule has 0 bridgehead atoms. The smallest absolute Gasteiger partial charge is 0.255 e. The number of nitrogens with one attached hydrogen (secondary N) is 2. The average Bonchev–Trinajstić information content (AvgIpc) is 3.24. The van der Waals surface area contributed by atoms with Crippen LogP contribution in [-0.2, 0) is 4.79 Å². The summed E-state index contributed by atoms with van der Waals surface area (Å²) in [4.78, 5) is 39.6. The Balaban J connectivity index is 1.35. The molecule has 188 valence electrons. The number of aryl methyl sites for hydroxylation is 1. The zero-order valence-electron chi connectivity index (χ0n) is 20.4. The summed E-state index contributed by atoms with van der Waals surface area (Å²) in [6.07, 6.45) is 5.01. The van der Waals surface area contributed by atoms with Crippen LogP contribution in [0.25, 0.3) is 22.3 Å². The van der Waals surface area contributed by atoms with Crippen molar-refractivity contribution in [3.8, 4) is 28.5 Å². The number of rotatable bonds is 7. The van der Waals surface area contributed by atoms with Crippen LogP contribution in [0.5, 0.6) is 17.2 Å². The van der Waals surface area contributed by atoms with Gasteiger partial charge in [0, 0.05) is 31.2 Å². The maximum atomic E-state index is 13.4. The molecule has 36 heavy (non-hydrogen) atoms. The quantitative estimate of drug-likeness (QED) is 0.521. The molecule has 6 rings (SSSR count). The van der Waals surface area contributed by atoms with Gasteiger partial charge in [0.2, 0.25) is 12.7 Å². The number of hydrogen-bond donors (Lipinski definition) is 2. The molecular weight excluding hydrogens is 462 g/mol. The number of aromatic nitrogens is 3. The molecule has 1 aromatic carbocycles. The molecule has 1 aliphatic carbocycles. The van der Waals surface area contributed by atoms with Crippen molar-refractivity contribution < 1.29 is 23.8 Å². The van der Waals surface area contributed by atoms with Gasteiger partial charge in [-0.1, -0.05) is 6.92 Å². The van der Waals surface area contributed by atoms with Crippen molar-refractivity contribution in [2.24, 2.45) is 5.92 Å². The van der Waals surface area contributed by atoms with Crippen LogP contribution >= 0.6 is 0 Å². The topological polar surface area (TPSA) is 119 Å². The van der Waals surface area contributed by atoms with E-state index in [0.29, 0.717) is 82.8 Å². The van der Waals surface area contributed by atoms with Gasteiger partial charge in [-0.3, -0.25) is 9.59 Å². The summed E-state index contributed by atoms with van der Waals surface area (Å²) in [6.45, 7) is 5.64. The Morgan fingerprint density at radius 3 is 2.89 bits per heavy atom. The number of fused-ring (bicyclic) bond motifs is 2. The molecular formula is C26H29N5O5. The van der Waals surface area contributed by atoms with Crippen LogP contribution in [0, 0.1) is 12.8 Å². The van der Waals surface area contributed by atoms with E-state index in [1.54, 1.807) is 4.90 Å². The third-order valence-corrected chi connectivity index (χ3v) is 7.09. The van der Waals surface area contributed by atoms with Crippen LogP contribution in [0.15, 0.2) is 18.5 Å². The summed E-state index contributed by atoms with van der Waals surface area (Å²) in [5, 5.41) is 3.09. The van der Waals surface area contributed by atoms with Gasteiger partial charge >= 0.3 is 0 Å². The number of hydrogen-bond acceptors (Lipinski definition) is 7. The highest BCUT2D eigenvalue weighted by molar-refractivity contribution is 6.09. The third-order valence-electron chi connectivity index (χ3n) is 7.09. The van der Waals surface area contributed by atoms with Crippen LogP contribution < -0.4 is 19.5 Å². The molecule has 0 radical (unpaired) electrons. The second kappa shape index (κ2) is 9.00. The molecule has 1 saturated heterocycles. The highest BCUT2D eigenvalue weighted by Crippen LogP contribution is 2.48. The van der Waals surface area contributed by atoms with E-state index in [0.717, 1.165) is 6.42 Å². The number of benzene rings is 1. The molecule has 1 saturated carbocycles. The van der Waals surface area contributed by atoms with Gasteiger partial charge in [0.1, 0.15) is 23.3 Å². The third kappa shape index (κ3) is 4.00. The van der Waals surface area contributed by atoms with Crippen LogP contribution in [0.2, 0.25) is 0 Å². The number of H-pyrrole nitrogens is 1. The minimum atomic E-state index is -0.220. The van der Waals surface area contributed by atoms with Crippen molar-refractivity contribution >= 4 is 22.8 Å². The van der Waals surface area contributed by atoms with E-state index in [1.165, 1.54) is 19.2 Å². The van der Waals surface area contributed by atoms with E-state index in [4.69, 9.17) is 14.2 Å². The Kier molecular flexibility index (Phi) is 5.66. The highest BCUT2D eigenvalue weighted by Gasteiger charge is 2.31. The van der Waals surface area contributed by atoms with Gasteiger partial charge in [-0.2, -0.15) is 0 Å². The van der Waals surface area contributed by atoms with Crippen molar-refractivity contribution in [3.63, 3.8) is 0 Å². The summed E-state index contributed by atoms with van der Waals surface area (Å²) in [6, 6.07) is 3.63. The van der Waals surface area contributed by atoms with Crippen molar-refractivity contribution in [2.75, 3.05) is 26.5 Å². The molecule has 3 aliphatic rings. The van der Waals surface area contributed by atoms with Crippen LogP contribution in [-0.4, -0.2) is 64.2 Å². The lowest BCUT2D eigenvalue weighted by Crippen LogP contribution is -2.38. The summed E-state index contributed by atoms with van der Waals surface area (Å²) >= 11 is 0. The van der Waals surface area contributed by atoms with E-state index in [2.05, 4.69) is 20.3 Å². The fourth-order valence-electron chi connectivity index (χ4n) is 4.97. The molecule has 2 aromatic heterocycles. The minimum Gasteiger partial charge on any atom is -0.492 e. The van der Waals surface area contributed by atoms with E-state index in [9.17, 15) is 9.59 Å². The first-order valence-electron chi connectivity index (χ1n) is 12.5. The first-order chi connectivity index (χ1) is 17.5. The molecule has 4 heterocycles. The van der Waals surface area contributed by atoms with E-state index in [-0.39, 0.29) is 24.6 Å². The maximum absolute atomic E-state index is 13.4. The SMILES string of the molecule is CCC(=O)N1CC[C@@H](NC(=O)c2c(C)[nH]c3c(-c4c(OCC5CC5)ccc5c4OCO5)ncnc23)C1. The number of ether oxygens (including phenoxy) is 3. The summed E-state index contributed by atoms with van der Waals surface area (Å²) in [7, 11) is 0. The summed E-state index contributed by atoms with van der Waals surface area (Å²) in [5.74, 6) is 2.33. The first kappa shape index (κ1) is 22.6. The van der Waals surface area contributed by atoms with E-state index in [1.807, 2.05) is 26.0 Å². The average molecular weight is 492 g/mol. The second-order valence-corrected chi connectivity index (χ2v) is 9.65. The van der Waals surface area contributed by atoms with Gasteiger partial charge in [-0.15, -0.1) is 0 Å². The lowest BCUT2D eigenvalue weighted by Gasteiger charge is -2.16. The molecule has 10 heteroatoms. The Bertz CT molecular complexity index is 1350.